The molecule has 0 aromatic heterocycles. The summed E-state index contributed by atoms with van der Waals surface area (Å²) in [5, 5.41) is 0. The molecule has 114 valence electrons. The normalized spacial score (nSPS) is 15.8. The van der Waals surface area contributed by atoms with E-state index in [1.807, 2.05) is 23.1 Å². The lowest BCUT2D eigenvalue weighted by molar-refractivity contribution is -0.131. The summed E-state index contributed by atoms with van der Waals surface area (Å²) in [5.74, 6) is 1.86. The second-order valence-corrected chi connectivity index (χ2v) is 6.59. The van der Waals surface area contributed by atoms with Crippen LogP contribution in [0.4, 0.5) is 0 Å². The van der Waals surface area contributed by atoms with Gasteiger partial charge in [0, 0.05) is 12.3 Å². The van der Waals surface area contributed by atoms with E-state index in [0.29, 0.717) is 6.42 Å². The van der Waals surface area contributed by atoms with Gasteiger partial charge in [-0.25, -0.2) is 0 Å². The van der Waals surface area contributed by atoms with Crippen molar-refractivity contribution >= 4 is 17.7 Å². The van der Waals surface area contributed by atoms with E-state index in [2.05, 4.69) is 36.4 Å². The Morgan fingerprint density at radius 3 is 2.41 bits per heavy atom. The molecule has 22 heavy (non-hydrogen) atoms. The van der Waals surface area contributed by atoms with Gasteiger partial charge >= 0.3 is 0 Å². The second kappa shape index (κ2) is 6.99. The highest BCUT2D eigenvalue weighted by molar-refractivity contribution is 7.99. The van der Waals surface area contributed by atoms with Crippen molar-refractivity contribution in [3.8, 4) is 11.1 Å². The van der Waals surface area contributed by atoms with Gasteiger partial charge in [0.2, 0.25) is 5.91 Å². The largest absolute Gasteiger partial charge is 0.331 e. The van der Waals surface area contributed by atoms with Crippen molar-refractivity contribution in [3.05, 3.63) is 60.2 Å². The topological polar surface area (TPSA) is 46.3 Å². The van der Waals surface area contributed by atoms with Crippen LogP contribution in [0.5, 0.6) is 0 Å². The number of thioether (sulfide) groups is 1. The molecule has 0 unspecified atom stereocenters. The minimum Gasteiger partial charge on any atom is -0.331 e. The summed E-state index contributed by atoms with van der Waals surface area (Å²) < 4.78 is 0. The Morgan fingerprint density at radius 1 is 1.09 bits per heavy atom. The van der Waals surface area contributed by atoms with Crippen LogP contribution in [0.25, 0.3) is 11.1 Å². The van der Waals surface area contributed by atoms with Crippen molar-refractivity contribution in [2.75, 3.05) is 18.2 Å². The molecule has 1 aliphatic heterocycles. The third kappa shape index (κ3) is 3.51. The van der Waals surface area contributed by atoms with E-state index in [0.717, 1.165) is 23.7 Å². The van der Waals surface area contributed by atoms with E-state index >= 15 is 0 Å². The van der Waals surface area contributed by atoms with Crippen LogP contribution in [0.2, 0.25) is 0 Å². The van der Waals surface area contributed by atoms with Crippen LogP contribution in [-0.4, -0.2) is 35.0 Å². The van der Waals surface area contributed by atoms with E-state index in [1.54, 1.807) is 11.8 Å². The summed E-state index contributed by atoms with van der Waals surface area (Å²) in [5.41, 5.74) is 9.56. The second-order valence-electron chi connectivity index (χ2n) is 5.51. The zero-order chi connectivity index (χ0) is 15.4. The summed E-state index contributed by atoms with van der Waals surface area (Å²) in [7, 11) is 0. The fourth-order valence-corrected chi connectivity index (χ4v) is 3.58. The van der Waals surface area contributed by atoms with E-state index in [4.69, 9.17) is 5.73 Å². The standard InChI is InChI=1S/C18H20N2OS/c19-17(18(21)20-10-11-22-13-20)12-14-6-8-16(9-7-14)15-4-2-1-3-5-15/h1-9,17H,10-13,19H2/t17-/m0/s1. The van der Waals surface area contributed by atoms with Crippen molar-refractivity contribution in [2.45, 2.75) is 12.5 Å². The quantitative estimate of drug-likeness (QED) is 0.944. The minimum absolute atomic E-state index is 0.0668. The van der Waals surface area contributed by atoms with Crippen molar-refractivity contribution in [1.29, 1.82) is 0 Å². The van der Waals surface area contributed by atoms with Crippen molar-refractivity contribution < 1.29 is 4.79 Å². The van der Waals surface area contributed by atoms with Crippen LogP contribution < -0.4 is 5.73 Å². The molecule has 1 fully saturated rings. The van der Waals surface area contributed by atoms with Gasteiger partial charge in [-0.15, -0.1) is 11.8 Å². The first kappa shape index (κ1) is 15.1. The van der Waals surface area contributed by atoms with Crippen LogP contribution in [0, 0.1) is 0 Å². The molecule has 0 spiro atoms. The highest BCUT2D eigenvalue weighted by atomic mass is 32.2. The summed E-state index contributed by atoms with van der Waals surface area (Å²) in [6.07, 6.45) is 0.592. The smallest absolute Gasteiger partial charge is 0.240 e. The first-order valence-corrected chi connectivity index (χ1v) is 8.66. The third-order valence-electron chi connectivity index (χ3n) is 3.90. The highest BCUT2D eigenvalue weighted by Gasteiger charge is 2.23. The molecule has 1 heterocycles. The average molecular weight is 312 g/mol. The molecular formula is C18H20N2OS. The Morgan fingerprint density at radius 2 is 1.77 bits per heavy atom. The first-order valence-electron chi connectivity index (χ1n) is 7.50. The first-order chi connectivity index (χ1) is 10.7. The summed E-state index contributed by atoms with van der Waals surface area (Å²) in [6.45, 7) is 0.824. The van der Waals surface area contributed by atoms with E-state index in [-0.39, 0.29) is 5.91 Å². The summed E-state index contributed by atoms with van der Waals surface area (Å²) in [6, 6.07) is 18.1. The molecule has 3 nitrogen and oxygen atoms in total. The molecule has 1 saturated heterocycles. The van der Waals surface area contributed by atoms with E-state index in [9.17, 15) is 4.79 Å². The van der Waals surface area contributed by atoms with E-state index in [1.165, 1.54) is 11.1 Å². The van der Waals surface area contributed by atoms with Gasteiger partial charge < -0.3 is 10.6 Å². The number of hydrogen-bond acceptors (Lipinski definition) is 3. The van der Waals surface area contributed by atoms with Gasteiger partial charge in [0.1, 0.15) is 0 Å². The number of carbonyl (C=O) groups is 1. The fraction of sp³-hybridized carbons (Fsp3) is 0.278. The number of nitrogens with zero attached hydrogens (tertiary/aromatic N) is 1. The maximum atomic E-state index is 12.2. The predicted octanol–water partition coefficient (Wildman–Crippen LogP) is 2.76. The molecule has 0 saturated carbocycles. The zero-order valence-electron chi connectivity index (χ0n) is 12.4. The predicted molar refractivity (Wildman–Crippen MR) is 92.6 cm³/mol. The van der Waals surface area contributed by atoms with Gasteiger partial charge in [-0.3, -0.25) is 4.79 Å². The Hall–Kier alpha value is -1.78. The van der Waals surface area contributed by atoms with Gasteiger partial charge in [0.05, 0.1) is 11.9 Å². The third-order valence-corrected chi connectivity index (χ3v) is 4.86. The number of amides is 1. The van der Waals surface area contributed by atoms with E-state index < -0.39 is 6.04 Å². The van der Waals surface area contributed by atoms with Crippen molar-refractivity contribution in [3.63, 3.8) is 0 Å². The number of hydrogen-bond donors (Lipinski definition) is 1. The van der Waals surface area contributed by atoms with Crippen LogP contribution >= 0.6 is 11.8 Å². The number of nitrogens with two attached hydrogens (primary N) is 1. The van der Waals surface area contributed by atoms with Gasteiger partial charge in [-0.2, -0.15) is 0 Å². The van der Waals surface area contributed by atoms with Gasteiger partial charge in [-0.1, -0.05) is 54.6 Å². The molecule has 1 atom stereocenters. The monoisotopic (exact) mass is 312 g/mol. The lowest BCUT2D eigenvalue weighted by Gasteiger charge is -2.19. The Balaban J connectivity index is 1.64. The molecule has 3 rings (SSSR count). The maximum Gasteiger partial charge on any atom is 0.240 e. The van der Waals surface area contributed by atoms with Gasteiger partial charge in [0.15, 0.2) is 0 Å². The molecule has 2 N–H and O–H groups in total. The average Bonchev–Trinajstić information content (AvgIpc) is 3.10. The van der Waals surface area contributed by atoms with Crippen molar-refractivity contribution in [1.82, 2.24) is 4.90 Å². The fourth-order valence-electron chi connectivity index (χ4n) is 2.63. The molecule has 2 aromatic carbocycles. The Kier molecular flexibility index (Phi) is 4.80. The highest BCUT2D eigenvalue weighted by Crippen LogP contribution is 2.20. The molecule has 1 aliphatic rings. The van der Waals surface area contributed by atoms with Crippen LogP contribution in [0.15, 0.2) is 54.6 Å². The zero-order valence-corrected chi connectivity index (χ0v) is 13.3. The molecule has 2 aromatic rings. The number of carbonyl (C=O) groups excluding carboxylic acids is 1. The molecule has 0 radical (unpaired) electrons. The maximum absolute atomic E-state index is 12.2. The molecule has 1 amide bonds. The molecule has 4 heteroatoms. The number of benzene rings is 2. The lowest BCUT2D eigenvalue weighted by atomic mass is 10.0. The van der Waals surface area contributed by atoms with Crippen LogP contribution in [0.3, 0.4) is 0 Å². The van der Waals surface area contributed by atoms with Crippen LogP contribution in [-0.2, 0) is 11.2 Å². The Labute approximate surface area is 135 Å². The van der Waals surface area contributed by atoms with Gasteiger partial charge in [0.25, 0.3) is 0 Å². The SMILES string of the molecule is N[C@@H](Cc1ccc(-c2ccccc2)cc1)C(=O)N1CCSC1. The molecule has 0 aliphatic carbocycles. The minimum atomic E-state index is -0.443. The Bertz CT molecular complexity index is 621. The summed E-state index contributed by atoms with van der Waals surface area (Å²) in [4.78, 5) is 14.1. The summed E-state index contributed by atoms with van der Waals surface area (Å²) >= 11 is 1.78. The number of rotatable bonds is 4. The van der Waals surface area contributed by atoms with Crippen LogP contribution in [0.1, 0.15) is 5.56 Å². The van der Waals surface area contributed by atoms with Crippen molar-refractivity contribution in [2.24, 2.45) is 5.73 Å². The molecular weight excluding hydrogens is 292 g/mol. The van der Waals surface area contributed by atoms with Gasteiger partial charge in [-0.05, 0) is 23.1 Å². The molecule has 0 bridgehead atoms. The lowest BCUT2D eigenvalue weighted by Crippen LogP contribution is -2.43.